The molecule has 9 aromatic carbocycles. The van der Waals surface area contributed by atoms with E-state index in [2.05, 4.69) is 0 Å². The molecule has 0 aliphatic carbocycles. The summed E-state index contributed by atoms with van der Waals surface area (Å²) in [5.41, 5.74) is -8.34. The first-order chi connectivity index (χ1) is 37.7. The van der Waals surface area contributed by atoms with Gasteiger partial charge in [0.1, 0.15) is 11.2 Å². The highest BCUT2D eigenvalue weighted by atomic mass is 16.3. The minimum atomic E-state index is -1.29. The van der Waals surface area contributed by atoms with E-state index >= 15 is 0 Å². The summed E-state index contributed by atoms with van der Waals surface area (Å²) < 4.78 is 284. The van der Waals surface area contributed by atoms with Gasteiger partial charge >= 0.3 is 0 Å². The summed E-state index contributed by atoms with van der Waals surface area (Å²) in [6.07, 6.45) is 0. The molecule has 0 amide bonds. The molecule has 0 bridgehead atoms. The van der Waals surface area contributed by atoms with Crippen molar-refractivity contribution >= 4 is 71.3 Å². The number of furan rings is 1. The van der Waals surface area contributed by atoms with Crippen molar-refractivity contribution in [1.82, 2.24) is 0 Å². The van der Waals surface area contributed by atoms with Gasteiger partial charge in [0.25, 0.3) is 0 Å². The van der Waals surface area contributed by atoms with E-state index in [1.807, 2.05) is 0 Å². The van der Waals surface area contributed by atoms with Crippen molar-refractivity contribution in [3.63, 3.8) is 0 Å². The molecule has 1 heterocycles. The zero-order chi connectivity index (χ0) is 60.0. The van der Waals surface area contributed by atoms with Gasteiger partial charge in [-0.3, -0.25) is 0 Å². The van der Waals surface area contributed by atoms with Crippen LogP contribution >= 0.6 is 0 Å². The van der Waals surface area contributed by atoms with E-state index in [1.54, 1.807) is 0 Å². The third-order valence-corrected chi connectivity index (χ3v) is 7.69. The van der Waals surface area contributed by atoms with Crippen LogP contribution in [0.1, 0.15) is 42.5 Å². The summed E-state index contributed by atoms with van der Waals surface area (Å²) in [5, 5.41) is -4.78. The maximum atomic E-state index is 9.72. The first-order valence-electron chi connectivity index (χ1n) is 30.1. The molecule has 10 rings (SSSR count). The van der Waals surface area contributed by atoms with Gasteiger partial charge < -0.3 is 9.32 Å². The van der Waals surface area contributed by atoms with Gasteiger partial charge in [0.15, 0.2) is 0 Å². The average molecular weight is 669 g/mol. The fourth-order valence-electron chi connectivity index (χ4n) is 5.45. The summed E-state index contributed by atoms with van der Waals surface area (Å²) in [6, 6.07) is -31.0. The molecule has 0 N–H and O–H groups in total. The van der Waals surface area contributed by atoms with Crippen LogP contribution in [-0.2, 0) is 0 Å². The van der Waals surface area contributed by atoms with Gasteiger partial charge in [-0.1, -0.05) is 139 Å². The zero-order valence-corrected chi connectivity index (χ0v) is 24.9. The summed E-state index contributed by atoms with van der Waals surface area (Å²) in [4.78, 5) is 0.398. The quantitative estimate of drug-likeness (QED) is 0.170. The smallest absolute Gasteiger partial charge is 0.143 e. The van der Waals surface area contributed by atoms with Crippen LogP contribution in [0.2, 0.25) is 0 Å². The SMILES string of the molecule is [2H]c1c([2H])c([2H])c(-c2c([2H])c([2H])c(N(c3c([2H])c([2H])c(-c4c([2H])c([2H])c5c(c4[2H])c([2H])c([2H])c4c([2H])c([2H])c([2H])c([2H])c45)c([2H])c3[2H])c3c([2H])c([2H])c([2H])c4oc5c6c([2H])c([2H])c([2H])c([2H])c6c([2H])c([2H])c5c34)c([2H])c2[2H])c([2H])c1[2H]. The monoisotopic (exact) mass is 668 g/mol. The molecule has 10 aromatic rings. The number of fused-ring (bicyclic) bond motifs is 8. The topological polar surface area (TPSA) is 16.4 Å². The number of benzene rings is 9. The van der Waals surface area contributed by atoms with Crippen LogP contribution in [0.25, 0.3) is 76.5 Å². The second-order valence-corrected chi connectivity index (χ2v) is 10.5. The Kier molecular flexibility index (Phi) is 2.58. The fourth-order valence-corrected chi connectivity index (χ4v) is 5.45. The van der Waals surface area contributed by atoms with Crippen LogP contribution in [0.4, 0.5) is 17.1 Å². The standard InChI is InChI=1S/C48H31NO/c1-2-9-32(10-3-1)33-19-25-39(26-20-33)49(45-15-8-16-46-47(45)44-30-23-36-12-5-7-14-43(36)48(44)50-46)40-27-21-34(22-28-40)37-24-29-42-38(31-37)18-17-35-11-4-6-13-41(35)42/h1-31H/i1D,2D,3D,4D,5D,6D,7D,8D,9D,10D,11D,12D,13D,14D,15D,16D,17D,18D,19D,20D,21D,22D,23D,24D,25D,26D,27D,28D,29D,30D,31D. The van der Waals surface area contributed by atoms with Crippen molar-refractivity contribution in [3.05, 3.63) is 187 Å². The highest BCUT2D eigenvalue weighted by Crippen LogP contribution is 2.45. The Morgan fingerprint density at radius 2 is 0.920 bits per heavy atom. The summed E-state index contributed by atoms with van der Waals surface area (Å²) in [7, 11) is 0. The molecule has 0 saturated heterocycles. The van der Waals surface area contributed by atoms with Crippen LogP contribution in [-0.4, -0.2) is 0 Å². The van der Waals surface area contributed by atoms with Gasteiger partial charge in [-0.15, -0.1) is 0 Å². The lowest BCUT2D eigenvalue weighted by Gasteiger charge is -2.26. The molecule has 2 heteroatoms. The van der Waals surface area contributed by atoms with Gasteiger partial charge in [0.05, 0.1) is 53.6 Å². The third kappa shape index (κ3) is 4.65. The van der Waals surface area contributed by atoms with Crippen molar-refractivity contribution in [3.8, 4) is 22.3 Å². The molecule has 0 aliphatic rings. The average Bonchev–Trinajstić information content (AvgIpc) is 3.90. The normalized spacial score (nSPS) is 20.3. The Bertz CT molecular complexity index is 4580. The molecule has 2 nitrogen and oxygen atoms in total. The van der Waals surface area contributed by atoms with Gasteiger partial charge in [-0.25, -0.2) is 0 Å². The fraction of sp³-hybridized carbons (Fsp3) is 0. The lowest BCUT2D eigenvalue weighted by Crippen LogP contribution is -2.10. The number of nitrogens with zero attached hydrogens (tertiary/aromatic N) is 1. The molecule has 234 valence electrons. The predicted molar refractivity (Wildman–Crippen MR) is 212 cm³/mol. The first-order valence-corrected chi connectivity index (χ1v) is 14.6. The van der Waals surface area contributed by atoms with Crippen molar-refractivity contribution in [2.45, 2.75) is 0 Å². The number of hydrogen-bond donors (Lipinski definition) is 0. The van der Waals surface area contributed by atoms with E-state index in [-0.39, 0.29) is 0 Å². The van der Waals surface area contributed by atoms with Gasteiger partial charge in [-0.2, -0.15) is 0 Å². The zero-order valence-electron chi connectivity index (χ0n) is 55.9. The molecular formula is C48H31NO. The van der Waals surface area contributed by atoms with Crippen LogP contribution in [0.5, 0.6) is 0 Å². The predicted octanol–water partition coefficient (Wildman–Crippen LogP) is 13.8. The number of anilines is 3. The van der Waals surface area contributed by atoms with E-state index in [0.717, 1.165) is 0 Å². The molecule has 0 aliphatic heterocycles. The van der Waals surface area contributed by atoms with E-state index < -0.39 is 281 Å². The largest absolute Gasteiger partial charge is 0.455 e. The Balaban J connectivity index is 1.41. The molecule has 0 fully saturated rings. The summed E-state index contributed by atoms with van der Waals surface area (Å²) in [5.74, 6) is 0. The molecule has 1 aromatic heterocycles. The minimum Gasteiger partial charge on any atom is -0.455 e. The van der Waals surface area contributed by atoms with Crippen LogP contribution in [0.15, 0.2) is 192 Å². The van der Waals surface area contributed by atoms with Crippen molar-refractivity contribution in [1.29, 1.82) is 0 Å². The van der Waals surface area contributed by atoms with E-state index in [1.165, 1.54) is 0 Å². The van der Waals surface area contributed by atoms with Crippen molar-refractivity contribution < 1.29 is 46.9 Å². The van der Waals surface area contributed by atoms with Crippen molar-refractivity contribution in [2.24, 2.45) is 0 Å². The Morgan fingerprint density at radius 3 is 1.68 bits per heavy atom. The van der Waals surface area contributed by atoms with Gasteiger partial charge in [0.2, 0.25) is 0 Å². The molecule has 0 unspecified atom stereocenters. The lowest BCUT2D eigenvalue weighted by atomic mass is 9.97. The second kappa shape index (κ2) is 11.5. The van der Waals surface area contributed by atoms with E-state index in [0.29, 0.717) is 4.90 Å². The lowest BCUT2D eigenvalue weighted by molar-refractivity contribution is 0.672. The Labute approximate surface area is 333 Å². The third-order valence-electron chi connectivity index (χ3n) is 7.69. The maximum absolute atomic E-state index is 9.72. The van der Waals surface area contributed by atoms with E-state index in [4.69, 9.17) is 29.1 Å². The molecular weight excluding hydrogens is 607 g/mol. The summed E-state index contributed by atoms with van der Waals surface area (Å²) >= 11 is 0. The van der Waals surface area contributed by atoms with Crippen LogP contribution in [0.3, 0.4) is 0 Å². The highest BCUT2D eigenvalue weighted by Gasteiger charge is 2.20. The van der Waals surface area contributed by atoms with Crippen molar-refractivity contribution in [2.75, 3.05) is 4.90 Å². The molecule has 0 radical (unpaired) electrons. The minimum absolute atomic E-state index is 0.398. The van der Waals surface area contributed by atoms with Gasteiger partial charge in [-0.05, 0) is 97.5 Å². The number of rotatable bonds is 5. The first kappa shape index (κ1) is 11.2. The van der Waals surface area contributed by atoms with Crippen LogP contribution < -0.4 is 4.90 Å². The molecule has 0 atom stereocenters. The number of hydrogen-bond acceptors (Lipinski definition) is 2. The molecule has 0 saturated carbocycles. The van der Waals surface area contributed by atoms with E-state index in [9.17, 15) is 17.8 Å². The maximum Gasteiger partial charge on any atom is 0.143 e. The molecule has 0 spiro atoms. The molecule has 50 heavy (non-hydrogen) atoms. The summed E-state index contributed by atoms with van der Waals surface area (Å²) in [6.45, 7) is 0. The second-order valence-electron chi connectivity index (χ2n) is 10.5. The van der Waals surface area contributed by atoms with Gasteiger partial charge in [0, 0.05) is 22.1 Å². The highest BCUT2D eigenvalue weighted by molar-refractivity contribution is 6.19. The Morgan fingerprint density at radius 1 is 0.380 bits per heavy atom. The Hall–Kier alpha value is -6.64. The van der Waals surface area contributed by atoms with Crippen LogP contribution in [0, 0.1) is 0 Å².